The Morgan fingerprint density at radius 1 is 1.04 bits per heavy atom. The summed E-state index contributed by atoms with van der Waals surface area (Å²) in [5.41, 5.74) is 2.07. The smallest absolute Gasteiger partial charge is 0.0991 e. The lowest BCUT2D eigenvalue weighted by atomic mass is 9.80. The van der Waals surface area contributed by atoms with E-state index in [9.17, 15) is 5.11 Å². The number of benzene rings is 2. The van der Waals surface area contributed by atoms with E-state index in [4.69, 9.17) is 5.26 Å². The highest BCUT2D eigenvalue weighted by molar-refractivity contribution is 5.36. The maximum atomic E-state index is 11.3. The van der Waals surface area contributed by atoms with E-state index >= 15 is 0 Å². The Morgan fingerprint density at radius 2 is 1.75 bits per heavy atom. The van der Waals surface area contributed by atoms with Crippen molar-refractivity contribution in [1.82, 2.24) is 4.90 Å². The number of fused-ring (bicyclic) bond motifs is 2. The molecule has 2 fully saturated rings. The third kappa shape index (κ3) is 2.73. The van der Waals surface area contributed by atoms with Crippen molar-refractivity contribution in [3.8, 4) is 6.07 Å². The maximum Gasteiger partial charge on any atom is 0.0991 e. The van der Waals surface area contributed by atoms with Crippen molar-refractivity contribution in [2.45, 2.75) is 49.9 Å². The maximum absolute atomic E-state index is 11.3. The third-order valence-corrected chi connectivity index (χ3v) is 5.65. The monoisotopic (exact) mass is 318 g/mol. The molecule has 122 valence electrons. The van der Waals surface area contributed by atoms with Crippen LogP contribution in [-0.2, 0) is 12.1 Å². The minimum atomic E-state index is -0.800. The van der Waals surface area contributed by atoms with E-state index < -0.39 is 5.60 Å². The molecule has 1 N–H and O–H groups in total. The van der Waals surface area contributed by atoms with Crippen molar-refractivity contribution in [2.24, 2.45) is 0 Å². The molecule has 4 rings (SSSR count). The molecule has 0 amide bonds. The SMILES string of the molecule is N#Cc1cccc([C@@]2(O)C[C@H]3CC[C@@H](C2)N3Cc2ccccc2)c1. The predicted molar refractivity (Wildman–Crippen MR) is 93.1 cm³/mol. The van der Waals surface area contributed by atoms with Gasteiger partial charge < -0.3 is 5.11 Å². The minimum absolute atomic E-state index is 0.416. The topological polar surface area (TPSA) is 47.3 Å². The number of piperidine rings is 1. The Bertz CT molecular complexity index is 751. The van der Waals surface area contributed by atoms with Gasteiger partial charge in [0.2, 0.25) is 0 Å². The fourth-order valence-corrected chi connectivity index (χ4v) is 4.48. The zero-order valence-electron chi connectivity index (χ0n) is 13.7. The Labute approximate surface area is 143 Å². The Kier molecular flexibility index (Phi) is 3.88. The van der Waals surface area contributed by atoms with E-state index in [0.717, 1.165) is 37.8 Å². The molecule has 24 heavy (non-hydrogen) atoms. The van der Waals surface area contributed by atoms with Crippen LogP contribution in [0.5, 0.6) is 0 Å². The molecule has 2 bridgehead atoms. The molecule has 0 radical (unpaired) electrons. The highest BCUT2D eigenvalue weighted by Crippen LogP contribution is 2.46. The Morgan fingerprint density at radius 3 is 2.42 bits per heavy atom. The van der Waals surface area contributed by atoms with Crippen LogP contribution in [0.15, 0.2) is 54.6 Å². The average molecular weight is 318 g/mol. The zero-order chi connectivity index (χ0) is 16.6. The number of hydrogen-bond acceptors (Lipinski definition) is 3. The van der Waals surface area contributed by atoms with Crippen LogP contribution in [0, 0.1) is 11.3 Å². The first-order valence-electron chi connectivity index (χ1n) is 8.71. The van der Waals surface area contributed by atoms with Gasteiger partial charge in [0.05, 0.1) is 17.2 Å². The van der Waals surface area contributed by atoms with Crippen LogP contribution in [0.3, 0.4) is 0 Å². The van der Waals surface area contributed by atoms with Crippen molar-refractivity contribution in [2.75, 3.05) is 0 Å². The number of nitriles is 1. The molecule has 2 aliphatic rings. The minimum Gasteiger partial charge on any atom is -0.385 e. The van der Waals surface area contributed by atoms with Crippen molar-refractivity contribution < 1.29 is 5.11 Å². The molecule has 2 aliphatic heterocycles. The summed E-state index contributed by atoms with van der Waals surface area (Å²) >= 11 is 0. The van der Waals surface area contributed by atoms with Crippen molar-refractivity contribution in [1.29, 1.82) is 5.26 Å². The van der Waals surface area contributed by atoms with E-state index in [1.54, 1.807) is 6.07 Å². The molecule has 0 aliphatic carbocycles. The molecule has 0 aromatic heterocycles. The average Bonchev–Trinajstić information content (AvgIpc) is 2.86. The largest absolute Gasteiger partial charge is 0.385 e. The molecular formula is C21H22N2O. The summed E-state index contributed by atoms with van der Waals surface area (Å²) in [7, 11) is 0. The highest BCUT2D eigenvalue weighted by atomic mass is 16.3. The van der Waals surface area contributed by atoms with Gasteiger partial charge in [-0.15, -0.1) is 0 Å². The first-order chi connectivity index (χ1) is 11.7. The van der Waals surface area contributed by atoms with Crippen LogP contribution >= 0.6 is 0 Å². The summed E-state index contributed by atoms with van der Waals surface area (Å²) in [6, 6.07) is 21.1. The van der Waals surface area contributed by atoms with Gasteiger partial charge in [0.25, 0.3) is 0 Å². The summed E-state index contributed by atoms with van der Waals surface area (Å²) in [6.07, 6.45) is 3.81. The number of rotatable bonds is 3. The molecule has 0 spiro atoms. The molecule has 2 aromatic rings. The van der Waals surface area contributed by atoms with Crippen LogP contribution in [0.1, 0.15) is 42.4 Å². The van der Waals surface area contributed by atoms with Gasteiger partial charge in [0.15, 0.2) is 0 Å². The van der Waals surface area contributed by atoms with Crippen LogP contribution in [0.4, 0.5) is 0 Å². The van der Waals surface area contributed by atoms with E-state index in [1.165, 1.54) is 5.56 Å². The van der Waals surface area contributed by atoms with Gasteiger partial charge in [-0.05, 0) is 48.9 Å². The highest BCUT2D eigenvalue weighted by Gasteiger charge is 2.48. The van der Waals surface area contributed by atoms with Gasteiger partial charge in [-0.3, -0.25) is 4.90 Å². The number of aliphatic hydroxyl groups is 1. The summed E-state index contributed by atoms with van der Waals surface area (Å²) in [4.78, 5) is 2.57. The second-order valence-corrected chi connectivity index (χ2v) is 7.18. The van der Waals surface area contributed by atoms with E-state index in [2.05, 4.69) is 41.3 Å². The van der Waals surface area contributed by atoms with Gasteiger partial charge in [-0.1, -0.05) is 42.5 Å². The molecule has 3 nitrogen and oxygen atoms in total. The molecule has 2 aromatic carbocycles. The fraction of sp³-hybridized carbons (Fsp3) is 0.381. The fourth-order valence-electron chi connectivity index (χ4n) is 4.48. The predicted octanol–water partition coefficient (Wildman–Crippen LogP) is 3.57. The van der Waals surface area contributed by atoms with Gasteiger partial charge >= 0.3 is 0 Å². The van der Waals surface area contributed by atoms with Gasteiger partial charge in [-0.2, -0.15) is 5.26 Å². The van der Waals surface area contributed by atoms with Gasteiger partial charge in [-0.25, -0.2) is 0 Å². The van der Waals surface area contributed by atoms with Crippen LogP contribution in [0.25, 0.3) is 0 Å². The number of nitrogens with zero attached hydrogens (tertiary/aromatic N) is 2. The van der Waals surface area contributed by atoms with Crippen LogP contribution in [0.2, 0.25) is 0 Å². The van der Waals surface area contributed by atoms with Gasteiger partial charge in [0.1, 0.15) is 0 Å². The molecule has 3 heteroatoms. The van der Waals surface area contributed by atoms with Crippen molar-refractivity contribution in [3.63, 3.8) is 0 Å². The van der Waals surface area contributed by atoms with Crippen LogP contribution in [-0.4, -0.2) is 22.1 Å². The van der Waals surface area contributed by atoms with E-state index in [1.807, 2.05) is 18.2 Å². The van der Waals surface area contributed by atoms with Crippen molar-refractivity contribution >= 4 is 0 Å². The normalized spacial score (nSPS) is 29.3. The second-order valence-electron chi connectivity index (χ2n) is 7.18. The zero-order valence-corrected chi connectivity index (χ0v) is 13.7. The standard InChI is InChI=1S/C21H22N2O/c22-14-17-7-4-8-18(11-17)21(24)12-19-9-10-20(13-21)23(19)15-16-5-2-1-3-6-16/h1-8,11,19-20,24H,9-10,12-13,15H2/t19-,20+,21-. The van der Waals surface area contributed by atoms with Gasteiger partial charge in [0, 0.05) is 18.6 Å². The lowest BCUT2D eigenvalue weighted by molar-refractivity contribution is -0.0595. The lowest BCUT2D eigenvalue weighted by Crippen LogP contribution is -2.49. The molecule has 0 saturated carbocycles. The molecule has 3 atom stereocenters. The second kappa shape index (κ2) is 6.05. The van der Waals surface area contributed by atoms with Crippen LogP contribution < -0.4 is 0 Å². The quantitative estimate of drug-likeness (QED) is 0.941. The Hall–Kier alpha value is -2.15. The summed E-state index contributed by atoms with van der Waals surface area (Å²) < 4.78 is 0. The lowest BCUT2D eigenvalue weighted by Gasteiger charge is -2.44. The summed E-state index contributed by atoms with van der Waals surface area (Å²) in [5.74, 6) is 0. The first kappa shape index (κ1) is 15.4. The summed E-state index contributed by atoms with van der Waals surface area (Å²) in [5, 5.41) is 20.4. The van der Waals surface area contributed by atoms with Crippen molar-refractivity contribution in [3.05, 3.63) is 71.3 Å². The first-order valence-corrected chi connectivity index (χ1v) is 8.71. The molecule has 2 heterocycles. The number of hydrogen-bond donors (Lipinski definition) is 1. The van der Waals surface area contributed by atoms with E-state index in [-0.39, 0.29) is 0 Å². The van der Waals surface area contributed by atoms with E-state index in [0.29, 0.717) is 17.6 Å². The summed E-state index contributed by atoms with van der Waals surface area (Å²) in [6.45, 7) is 0.963. The Balaban J connectivity index is 1.56. The third-order valence-electron chi connectivity index (χ3n) is 5.65. The molecule has 2 saturated heterocycles. The molecule has 0 unspecified atom stereocenters. The molecular weight excluding hydrogens is 296 g/mol.